The topological polar surface area (TPSA) is 57.9 Å². The molecule has 0 aliphatic carbocycles. The summed E-state index contributed by atoms with van der Waals surface area (Å²) in [7, 11) is 3.14. The van der Waals surface area contributed by atoms with Crippen molar-refractivity contribution in [3.63, 3.8) is 0 Å². The summed E-state index contributed by atoms with van der Waals surface area (Å²) in [5, 5.41) is 0. The summed E-state index contributed by atoms with van der Waals surface area (Å²) < 4.78 is 21.9. The lowest BCUT2D eigenvalue weighted by molar-refractivity contribution is 0.185. The number of methoxy groups -OCH3 is 2. The van der Waals surface area contributed by atoms with Crippen LogP contribution in [0.3, 0.4) is 0 Å². The van der Waals surface area contributed by atoms with Crippen molar-refractivity contribution in [2.45, 2.75) is 32.3 Å². The second-order valence-electron chi connectivity index (χ2n) is 6.19. The normalized spacial score (nSPS) is 18.2. The number of rotatable bonds is 3. The molecule has 0 saturated carbocycles. The van der Waals surface area contributed by atoms with Crippen LogP contribution in [0.2, 0.25) is 0 Å². The van der Waals surface area contributed by atoms with Crippen molar-refractivity contribution in [3.05, 3.63) is 40.2 Å². The number of benzene rings is 1. The molecule has 1 aliphatic heterocycles. The van der Waals surface area contributed by atoms with Crippen LogP contribution in [0.4, 0.5) is 0 Å². The molecule has 2 heterocycles. The summed E-state index contributed by atoms with van der Waals surface area (Å²) in [6.07, 6.45) is -0.0824. The Balaban J connectivity index is 2.12. The standard InChI is InChI=1S/C18H20O5/c1-10-18(2,3)16-15(22-10)9-13(23-17(16)19)11-6-7-12(20-4)14(8-11)21-5/h6-10H,1-5H3/t10-/m0/s1. The highest BCUT2D eigenvalue weighted by molar-refractivity contribution is 5.64. The van der Waals surface area contributed by atoms with E-state index in [0.29, 0.717) is 28.6 Å². The van der Waals surface area contributed by atoms with Crippen molar-refractivity contribution in [1.82, 2.24) is 0 Å². The van der Waals surface area contributed by atoms with Gasteiger partial charge in [-0.05, 0) is 25.1 Å². The summed E-state index contributed by atoms with van der Waals surface area (Å²) >= 11 is 0. The summed E-state index contributed by atoms with van der Waals surface area (Å²) in [4.78, 5) is 12.4. The predicted molar refractivity (Wildman–Crippen MR) is 86.6 cm³/mol. The second-order valence-corrected chi connectivity index (χ2v) is 6.19. The van der Waals surface area contributed by atoms with E-state index >= 15 is 0 Å². The summed E-state index contributed by atoms with van der Waals surface area (Å²) in [6, 6.07) is 7.13. The van der Waals surface area contributed by atoms with Gasteiger partial charge in [0, 0.05) is 17.0 Å². The number of hydrogen-bond acceptors (Lipinski definition) is 5. The van der Waals surface area contributed by atoms with E-state index in [9.17, 15) is 4.79 Å². The molecule has 5 heteroatoms. The molecule has 0 spiro atoms. The van der Waals surface area contributed by atoms with Gasteiger partial charge in [-0.25, -0.2) is 4.79 Å². The smallest absolute Gasteiger partial charge is 0.343 e. The molecule has 1 atom stereocenters. The Kier molecular flexibility index (Phi) is 3.59. The molecular weight excluding hydrogens is 296 g/mol. The molecule has 5 nitrogen and oxygen atoms in total. The first-order valence-corrected chi connectivity index (χ1v) is 7.46. The minimum atomic E-state index is -0.369. The quantitative estimate of drug-likeness (QED) is 0.869. The van der Waals surface area contributed by atoms with Crippen LogP contribution in [0.25, 0.3) is 11.3 Å². The molecule has 3 rings (SSSR count). The number of fused-ring (bicyclic) bond motifs is 1. The lowest BCUT2D eigenvalue weighted by atomic mass is 9.83. The molecule has 2 aromatic rings. The van der Waals surface area contributed by atoms with Gasteiger partial charge in [-0.1, -0.05) is 13.8 Å². The lowest BCUT2D eigenvalue weighted by Gasteiger charge is -2.20. The zero-order valence-electron chi connectivity index (χ0n) is 13.9. The Morgan fingerprint density at radius 3 is 2.43 bits per heavy atom. The van der Waals surface area contributed by atoms with Crippen molar-refractivity contribution in [2.75, 3.05) is 14.2 Å². The molecule has 1 aromatic carbocycles. The van der Waals surface area contributed by atoms with Gasteiger partial charge in [0.2, 0.25) is 0 Å². The third-order valence-corrected chi connectivity index (χ3v) is 4.55. The molecule has 0 radical (unpaired) electrons. The van der Waals surface area contributed by atoms with E-state index in [2.05, 4.69) is 0 Å². The Morgan fingerprint density at radius 2 is 1.78 bits per heavy atom. The number of ether oxygens (including phenoxy) is 3. The maximum absolute atomic E-state index is 12.4. The maximum Gasteiger partial charge on any atom is 0.343 e. The highest BCUT2D eigenvalue weighted by Crippen LogP contribution is 2.42. The van der Waals surface area contributed by atoms with Gasteiger partial charge < -0.3 is 18.6 Å². The Bertz CT molecular complexity index is 804. The van der Waals surface area contributed by atoms with Crippen LogP contribution >= 0.6 is 0 Å². The summed E-state index contributed by atoms with van der Waals surface area (Å²) in [5.74, 6) is 2.22. The summed E-state index contributed by atoms with van der Waals surface area (Å²) in [6.45, 7) is 5.92. The van der Waals surface area contributed by atoms with Gasteiger partial charge in [0.05, 0.1) is 19.8 Å². The molecule has 23 heavy (non-hydrogen) atoms. The fourth-order valence-electron chi connectivity index (χ4n) is 2.82. The highest BCUT2D eigenvalue weighted by Gasteiger charge is 2.42. The fraction of sp³-hybridized carbons (Fsp3) is 0.389. The largest absolute Gasteiger partial charge is 0.493 e. The van der Waals surface area contributed by atoms with Gasteiger partial charge in [-0.15, -0.1) is 0 Å². The van der Waals surface area contributed by atoms with E-state index in [-0.39, 0.29) is 17.1 Å². The van der Waals surface area contributed by atoms with Crippen LogP contribution in [0.5, 0.6) is 17.2 Å². The van der Waals surface area contributed by atoms with Crippen LogP contribution < -0.4 is 19.8 Å². The maximum atomic E-state index is 12.4. The average molecular weight is 316 g/mol. The third kappa shape index (κ3) is 2.36. The first kappa shape index (κ1) is 15.5. The van der Waals surface area contributed by atoms with E-state index in [1.165, 1.54) is 0 Å². The molecule has 0 N–H and O–H groups in total. The van der Waals surface area contributed by atoms with Crippen molar-refractivity contribution in [1.29, 1.82) is 0 Å². The van der Waals surface area contributed by atoms with Gasteiger partial charge in [0.25, 0.3) is 0 Å². The van der Waals surface area contributed by atoms with Crippen LogP contribution in [-0.4, -0.2) is 20.3 Å². The van der Waals surface area contributed by atoms with Crippen LogP contribution in [0, 0.1) is 0 Å². The van der Waals surface area contributed by atoms with Crippen molar-refractivity contribution in [2.24, 2.45) is 0 Å². The average Bonchev–Trinajstić information content (AvgIpc) is 2.76. The fourth-order valence-corrected chi connectivity index (χ4v) is 2.82. The van der Waals surface area contributed by atoms with E-state index in [0.717, 1.165) is 5.56 Å². The van der Waals surface area contributed by atoms with E-state index in [4.69, 9.17) is 18.6 Å². The van der Waals surface area contributed by atoms with Gasteiger partial charge in [-0.2, -0.15) is 0 Å². The lowest BCUT2D eigenvalue weighted by Crippen LogP contribution is -2.32. The zero-order valence-corrected chi connectivity index (χ0v) is 13.9. The van der Waals surface area contributed by atoms with Gasteiger partial charge >= 0.3 is 5.63 Å². The molecule has 0 fully saturated rings. The number of hydrogen-bond donors (Lipinski definition) is 0. The molecule has 0 amide bonds. The van der Waals surface area contributed by atoms with Crippen LogP contribution in [0.15, 0.2) is 33.5 Å². The predicted octanol–water partition coefficient (Wildman–Crippen LogP) is 3.38. The first-order valence-electron chi connectivity index (χ1n) is 7.46. The minimum Gasteiger partial charge on any atom is -0.493 e. The Morgan fingerprint density at radius 1 is 1.09 bits per heavy atom. The SMILES string of the molecule is COc1ccc(-c2cc3c(c(=O)o2)C(C)(C)[C@H](C)O3)cc1OC. The summed E-state index contributed by atoms with van der Waals surface area (Å²) in [5.41, 5.74) is 0.589. The van der Waals surface area contributed by atoms with Crippen molar-refractivity contribution < 1.29 is 18.6 Å². The van der Waals surface area contributed by atoms with Crippen molar-refractivity contribution in [3.8, 4) is 28.6 Å². The molecule has 1 aromatic heterocycles. The van der Waals surface area contributed by atoms with Crippen LogP contribution in [0.1, 0.15) is 26.3 Å². The second kappa shape index (κ2) is 5.33. The molecule has 122 valence electrons. The minimum absolute atomic E-state index is 0.0824. The molecule has 0 saturated heterocycles. The van der Waals surface area contributed by atoms with Crippen molar-refractivity contribution >= 4 is 0 Å². The Hall–Kier alpha value is -2.43. The van der Waals surface area contributed by atoms with E-state index < -0.39 is 0 Å². The molecular formula is C18H20O5. The Labute approximate surface area is 134 Å². The van der Waals surface area contributed by atoms with Crippen LogP contribution in [-0.2, 0) is 5.41 Å². The molecule has 0 unspecified atom stereocenters. The third-order valence-electron chi connectivity index (χ3n) is 4.55. The zero-order chi connectivity index (χ0) is 16.8. The molecule has 1 aliphatic rings. The van der Waals surface area contributed by atoms with E-state index in [1.54, 1.807) is 32.4 Å². The highest BCUT2D eigenvalue weighted by atomic mass is 16.5. The van der Waals surface area contributed by atoms with Gasteiger partial charge in [-0.3, -0.25) is 0 Å². The van der Waals surface area contributed by atoms with Gasteiger partial charge in [0.1, 0.15) is 17.6 Å². The monoisotopic (exact) mass is 316 g/mol. The molecule has 0 bridgehead atoms. The van der Waals surface area contributed by atoms with E-state index in [1.807, 2.05) is 26.8 Å². The van der Waals surface area contributed by atoms with Gasteiger partial charge in [0.15, 0.2) is 11.5 Å². The first-order chi connectivity index (χ1) is 10.9.